The minimum absolute atomic E-state index is 0.429. The molecule has 1 fully saturated rings. The minimum atomic E-state index is -4.47. The second-order valence-electron chi connectivity index (χ2n) is 4.83. The summed E-state index contributed by atoms with van der Waals surface area (Å²) in [4.78, 5) is 12.5. The van der Waals surface area contributed by atoms with Gasteiger partial charge in [0.1, 0.15) is 6.04 Å². The molecule has 100 valence electrons. The third-order valence-electron chi connectivity index (χ3n) is 3.45. The van der Waals surface area contributed by atoms with E-state index in [4.69, 9.17) is 5.11 Å². The van der Waals surface area contributed by atoms with Crippen molar-refractivity contribution in [3.05, 3.63) is 0 Å². The van der Waals surface area contributed by atoms with E-state index in [2.05, 4.69) is 0 Å². The van der Waals surface area contributed by atoms with Gasteiger partial charge in [0, 0.05) is 0 Å². The van der Waals surface area contributed by atoms with Crippen molar-refractivity contribution in [2.24, 2.45) is 11.8 Å². The van der Waals surface area contributed by atoms with Crippen LogP contribution in [0.5, 0.6) is 0 Å². The van der Waals surface area contributed by atoms with Crippen LogP contribution in [0.1, 0.15) is 26.7 Å². The standard InChI is InChI=1S/C11H18F3NO2/c1-7-3-5-15(6-4-7)9(10(16)17)8(2)11(12,13)14/h7-9H,3-6H2,1-2H3,(H,16,17)/t8-,9+/m0/s1. The van der Waals surface area contributed by atoms with Gasteiger partial charge in [0.05, 0.1) is 5.92 Å². The lowest BCUT2D eigenvalue weighted by Crippen LogP contribution is -2.52. The highest BCUT2D eigenvalue weighted by Gasteiger charge is 2.47. The average molecular weight is 253 g/mol. The van der Waals surface area contributed by atoms with Crippen molar-refractivity contribution < 1.29 is 23.1 Å². The molecule has 1 heterocycles. The SMILES string of the molecule is CC1CCN([C@@H](C(=O)O)[C@H](C)C(F)(F)F)CC1. The van der Waals surface area contributed by atoms with Crippen LogP contribution in [-0.4, -0.2) is 41.3 Å². The smallest absolute Gasteiger partial charge is 0.393 e. The van der Waals surface area contributed by atoms with Crippen molar-refractivity contribution in [3.8, 4) is 0 Å². The van der Waals surface area contributed by atoms with Gasteiger partial charge in [0.25, 0.3) is 0 Å². The quantitative estimate of drug-likeness (QED) is 0.839. The molecule has 0 unspecified atom stereocenters. The van der Waals surface area contributed by atoms with E-state index in [0.29, 0.717) is 19.0 Å². The molecule has 1 aliphatic heterocycles. The lowest BCUT2D eigenvalue weighted by molar-refractivity contribution is -0.196. The molecule has 0 bridgehead atoms. The maximum atomic E-state index is 12.6. The number of alkyl halides is 3. The number of piperidine rings is 1. The molecule has 0 amide bonds. The Bertz CT molecular complexity index is 272. The Morgan fingerprint density at radius 2 is 1.82 bits per heavy atom. The number of likely N-dealkylation sites (tertiary alicyclic amines) is 1. The Kier molecular flexibility index (Phi) is 4.41. The molecule has 3 nitrogen and oxygen atoms in total. The number of halogens is 3. The van der Waals surface area contributed by atoms with Crippen LogP contribution in [0.25, 0.3) is 0 Å². The lowest BCUT2D eigenvalue weighted by atomic mass is 9.93. The second kappa shape index (κ2) is 5.25. The molecule has 2 atom stereocenters. The third kappa shape index (κ3) is 3.59. The molecular formula is C11H18F3NO2. The Labute approximate surface area is 98.6 Å². The highest BCUT2D eigenvalue weighted by Crippen LogP contribution is 2.32. The van der Waals surface area contributed by atoms with E-state index in [-0.39, 0.29) is 0 Å². The van der Waals surface area contributed by atoms with Crippen LogP contribution in [0.3, 0.4) is 0 Å². The van der Waals surface area contributed by atoms with E-state index in [9.17, 15) is 18.0 Å². The van der Waals surface area contributed by atoms with Gasteiger partial charge in [-0.05, 0) is 31.8 Å². The fourth-order valence-corrected chi connectivity index (χ4v) is 2.17. The molecule has 1 saturated heterocycles. The first kappa shape index (κ1) is 14.3. The monoisotopic (exact) mass is 253 g/mol. The third-order valence-corrected chi connectivity index (χ3v) is 3.45. The van der Waals surface area contributed by atoms with Gasteiger partial charge in [-0.1, -0.05) is 13.8 Å². The summed E-state index contributed by atoms with van der Waals surface area (Å²) in [6.45, 7) is 3.83. The van der Waals surface area contributed by atoms with Crippen LogP contribution >= 0.6 is 0 Å². The zero-order chi connectivity index (χ0) is 13.2. The number of aliphatic carboxylic acids is 1. The molecule has 0 spiro atoms. The maximum absolute atomic E-state index is 12.6. The van der Waals surface area contributed by atoms with Gasteiger partial charge in [-0.15, -0.1) is 0 Å². The molecule has 1 rings (SSSR count). The Hall–Kier alpha value is -0.780. The number of nitrogens with zero attached hydrogens (tertiary/aromatic N) is 1. The van der Waals surface area contributed by atoms with Gasteiger partial charge < -0.3 is 5.11 Å². The summed E-state index contributed by atoms with van der Waals surface area (Å²) >= 11 is 0. The van der Waals surface area contributed by atoms with Crippen molar-refractivity contribution in [1.29, 1.82) is 0 Å². The summed E-state index contributed by atoms with van der Waals surface area (Å²) in [6, 6.07) is -1.46. The van der Waals surface area contributed by atoms with Crippen LogP contribution < -0.4 is 0 Å². The second-order valence-corrected chi connectivity index (χ2v) is 4.83. The summed E-state index contributed by atoms with van der Waals surface area (Å²) in [7, 11) is 0. The van der Waals surface area contributed by atoms with E-state index in [1.807, 2.05) is 6.92 Å². The van der Waals surface area contributed by atoms with Gasteiger partial charge in [0.2, 0.25) is 0 Å². The van der Waals surface area contributed by atoms with Gasteiger partial charge in [-0.3, -0.25) is 9.69 Å². The Morgan fingerprint density at radius 1 is 1.35 bits per heavy atom. The predicted octanol–water partition coefficient (Wildman–Crippen LogP) is 2.37. The number of hydrogen-bond donors (Lipinski definition) is 1. The van der Waals surface area contributed by atoms with E-state index in [1.54, 1.807) is 0 Å². The van der Waals surface area contributed by atoms with Crippen LogP contribution in [-0.2, 0) is 4.79 Å². The average Bonchev–Trinajstić information content (AvgIpc) is 2.19. The lowest BCUT2D eigenvalue weighted by Gasteiger charge is -2.37. The van der Waals surface area contributed by atoms with Gasteiger partial charge in [-0.2, -0.15) is 13.2 Å². The molecule has 6 heteroatoms. The van der Waals surface area contributed by atoms with Crippen molar-refractivity contribution in [2.75, 3.05) is 13.1 Å². The van der Waals surface area contributed by atoms with Gasteiger partial charge in [0.15, 0.2) is 0 Å². The summed E-state index contributed by atoms with van der Waals surface area (Å²) in [6.07, 6.45) is -2.95. The molecular weight excluding hydrogens is 235 g/mol. The number of hydrogen-bond acceptors (Lipinski definition) is 2. The molecule has 0 aromatic rings. The van der Waals surface area contributed by atoms with Crippen LogP contribution in [0.15, 0.2) is 0 Å². The molecule has 1 N–H and O–H groups in total. The van der Waals surface area contributed by atoms with Crippen LogP contribution in [0, 0.1) is 11.8 Å². The minimum Gasteiger partial charge on any atom is -0.480 e. The Morgan fingerprint density at radius 3 is 2.18 bits per heavy atom. The number of rotatable bonds is 3. The zero-order valence-electron chi connectivity index (χ0n) is 10.00. The molecule has 0 radical (unpaired) electrons. The van der Waals surface area contributed by atoms with Crippen molar-refractivity contribution in [1.82, 2.24) is 4.90 Å². The van der Waals surface area contributed by atoms with Crippen molar-refractivity contribution >= 4 is 5.97 Å². The summed E-state index contributed by atoms with van der Waals surface area (Å²) in [5.41, 5.74) is 0. The van der Waals surface area contributed by atoms with Crippen LogP contribution in [0.4, 0.5) is 13.2 Å². The number of carboxylic acids is 1. The fourth-order valence-electron chi connectivity index (χ4n) is 2.17. The maximum Gasteiger partial charge on any atom is 0.393 e. The first-order valence-corrected chi connectivity index (χ1v) is 5.77. The molecule has 17 heavy (non-hydrogen) atoms. The van der Waals surface area contributed by atoms with E-state index in [0.717, 1.165) is 19.8 Å². The molecule has 0 aliphatic carbocycles. The summed E-state index contributed by atoms with van der Waals surface area (Å²) in [5.74, 6) is -2.76. The number of carbonyl (C=O) groups is 1. The predicted molar refractivity (Wildman–Crippen MR) is 56.6 cm³/mol. The first-order chi connectivity index (χ1) is 7.73. The zero-order valence-corrected chi connectivity index (χ0v) is 10.00. The van der Waals surface area contributed by atoms with Gasteiger partial charge in [-0.25, -0.2) is 0 Å². The highest BCUT2D eigenvalue weighted by atomic mass is 19.4. The highest BCUT2D eigenvalue weighted by molar-refractivity contribution is 5.74. The topological polar surface area (TPSA) is 40.5 Å². The van der Waals surface area contributed by atoms with Gasteiger partial charge >= 0.3 is 12.1 Å². The van der Waals surface area contributed by atoms with Crippen molar-refractivity contribution in [2.45, 2.75) is 38.9 Å². The van der Waals surface area contributed by atoms with Crippen LogP contribution in [0.2, 0.25) is 0 Å². The molecule has 1 aliphatic rings. The van der Waals surface area contributed by atoms with E-state index in [1.165, 1.54) is 4.90 Å². The molecule has 0 aromatic heterocycles. The first-order valence-electron chi connectivity index (χ1n) is 5.77. The normalized spacial score (nSPS) is 23.4. The summed E-state index contributed by atoms with van der Waals surface area (Å²) < 4.78 is 37.8. The fraction of sp³-hybridized carbons (Fsp3) is 0.909. The summed E-state index contributed by atoms with van der Waals surface area (Å²) in [5, 5.41) is 8.98. The van der Waals surface area contributed by atoms with Crippen molar-refractivity contribution in [3.63, 3.8) is 0 Å². The largest absolute Gasteiger partial charge is 0.480 e. The Balaban J connectivity index is 2.76. The molecule has 0 saturated carbocycles. The van der Waals surface area contributed by atoms with E-state index >= 15 is 0 Å². The molecule has 0 aromatic carbocycles. The van der Waals surface area contributed by atoms with E-state index < -0.39 is 24.1 Å². The number of carboxylic acid groups (broad SMARTS) is 1.